The second-order valence-corrected chi connectivity index (χ2v) is 4.76. The van der Waals surface area contributed by atoms with Gasteiger partial charge in [-0.05, 0) is 11.8 Å². The molecular formula is C12H21NO2. The van der Waals surface area contributed by atoms with Gasteiger partial charge in [0.1, 0.15) is 0 Å². The van der Waals surface area contributed by atoms with Crippen LogP contribution in [0.15, 0.2) is 0 Å². The molecule has 1 amide bonds. The Kier molecular flexibility index (Phi) is 5.21. The molecule has 0 aliphatic rings. The highest BCUT2D eigenvalue weighted by molar-refractivity contribution is 5.65. The SMILES string of the molecule is C#CC(CC(C)C)(CC(C)C)OC(N)=O. The zero-order valence-corrected chi connectivity index (χ0v) is 10.0. The molecule has 2 N–H and O–H groups in total. The van der Waals surface area contributed by atoms with Gasteiger partial charge in [-0.3, -0.25) is 0 Å². The minimum absolute atomic E-state index is 0.360. The van der Waals surface area contributed by atoms with Gasteiger partial charge in [-0.25, -0.2) is 4.79 Å². The summed E-state index contributed by atoms with van der Waals surface area (Å²) >= 11 is 0. The maximum absolute atomic E-state index is 10.8. The maximum atomic E-state index is 10.8. The number of primary amides is 1. The van der Waals surface area contributed by atoms with Crippen molar-refractivity contribution in [2.24, 2.45) is 17.6 Å². The van der Waals surface area contributed by atoms with Crippen molar-refractivity contribution in [3.05, 3.63) is 0 Å². The minimum Gasteiger partial charge on any atom is -0.430 e. The van der Waals surface area contributed by atoms with Crippen LogP contribution in [0.4, 0.5) is 4.79 Å². The second kappa shape index (κ2) is 5.65. The van der Waals surface area contributed by atoms with Crippen LogP contribution in [0.3, 0.4) is 0 Å². The number of hydrogen-bond acceptors (Lipinski definition) is 2. The third-order valence-corrected chi connectivity index (χ3v) is 2.03. The lowest BCUT2D eigenvalue weighted by Crippen LogP contribution is -2.38. The molecule has 0 aliphatic carbocycles. The van der Waals surface area contributed by atoms with Gasteiger partial charge in [0.2, 0.25) is 0 Å². The van der Waals surface area contributed by atoms with Crippen molar-refractivity contribution in [2.45, 2.75) is 46.1 Å². The number of carbonyl (C=O) groups is 1. The third-order valence-electron chi connectivity index (χ3n) is 2.03. The van der Waals surface area contributed by atoms with Gasteiger partial charge in [-0.2, -0.15) is 0 Å². The van der Waals surface area contributed by atoms with Crippen molar-refractivity contribution >= 4 is 6.09 Å². The molecule has 86 valence electrons. The van der Waals surface area contributed by atoms with Crippen LogP contribution < -0.4 is 5.73 Å². The molecule has 0 spiro atoms. The first-order chi connectivity index (χ1) is 6.81. The van der Waals surface area contributed by atoms with Crippen molar-refractivity contribution < 1.29 is 9.53 Å². The van der Waals surface area contributed by atoms with Gasteiger partial charge < -0.3 is 10.5 Å². The van der Waals surface area contributed by atoms with Gasteiger partial charge in [0.05, 0.1) is 0 Å². The zero-order chi connectivity index (χ0) is 12.1. The molecule has 0 heterocycles. The molecule has 15 heavy (non-hydrogen) atoms. The Morgan fingerprint density at radius 3 is 1.93 bits per heavy atom. The number of rotatable bonds is 5. The fourth-order valence-electron chi connectivity index (χ4n) is 1.83. The summed E-state index contributed by atoms with van der Waals surface area (Å²) in [5.41, 5.74) is 4.21. The van der Waals surface area contributed by atoms with E-state index in [1.165, 1.54) is 0 Å². The summed E-state index contributed by atoms with van der Waals surface area (Å²) in [5.74, 6) is 3.31. The van der Waals surface area contributed by atoms with Crippen LogP contribution in [0.5, 0.6) is 0 Å². The fourth-order valence-corrected chi connectivity index (χ4v) is 1.83. The number of amides is 1. The van der Waals surface area contributed by atoms with Crippen LogP contribution >= 0.6 is 0 Å². The Hall–Kier alpha value is -1.17. The van der Waals surface area contributed by atoms with E-state index in [4.69, 9.17) is 16.9 Å². The van der Waals surface area contributed by atoms with Crippen LogP contribution in [0.2, 0.25) is 0 Å². The van der Waals surface area contributed by atoms with Gasteiger partial charge in [-0.1, -0.05) is 33.6 Å². The smallest absolute Gasteiger partial charge is 0.406 e. The molecule has 0 atom stereocenters. The minimum atomic E-state index is -0.839. The van der Waals surface area contributed by atoms with E-state index >= 15 is 0 Å². The quantitative estimate of drug-likeness (QED) is 0.710. The molecule has 0 bridgehead atoms. The van der Waals surface area contributed by atoms with Gasteiger partial charge >= 0.3 is 6.09 Å². The standard InChI is InChI=1S/C12H21NO2/c1-6-12(7-9(2)3,8-10(4)5)15-11(13)14/h1,9-10H,7-8H2,2-5H3,(H2,13,14). The van der Waals surface area contributed by atoms with Crippen molar-refractivity contribution in [1.82, 2.24) is 0 Å². The van der Waals surface area contributed by atoms with Crippen molar-refractivity contribution in [3.63, 3.8) is 0 Å². The summed E-state index contributed by atoms with van der Waals surface area (Å²) in [6, 6.07) is 0. The molecule has 0 radical (unpaired) electrons. The van der Waals surface area contributed by atoms with Crippen LogP contribution in [0.1, 0.15) is 40.5 Å². The summed E-state index contributed by atoms with van der Waals surface area (Å²) in [7, 11) is 0. The number of carbonyl (C=O) groups excluding carboxylic acids is 1. The monoisotopic (exact) mass is 211 g/mol. The van der Waals surface area contributed by atoms with E-state index < -0.39 is 11.7 Å². The molecule has 0 fully saturated rings. The Balaban J connectivity index is 4.77. The lowest BCUT2D eigenvalue weighted by atomic mass is 9.85. The van der Waals surface area contributed by atoms with Crippen LogP contribution in [-0.2, 0) is 4.74 Å². The first-order valence-corrected chi connectivity index (χ1v) is 5.27. The molecule has 0 saturated heterocycles. The van der Waals surface area contributed by atoms with Crippen molar-refractivity contribution in [1.29, 1.82) is 0 Å². The summed E-state index contributed by atoms with van der Waals surface area (Å²) < 4.78 is 5.11. The highest BCUT2D eigenvalue weighted by atomic mass is 16.6. The van der Waals surface area contributed by atoms with E-state index in [-0.39, 0.29) is 0 Å². The van der Waals surface area contributed by atoms with Crippen LogP contribution in [0.25, 0.3) is 0 Å². The number of terminal acetylenes is 1. The van der Waals surface area contributed by atoms with E-state index in [0.717, 1.165) is 0 Å². The van der Waals surface area contributed by atoms with Crippen LogP contribution in [-0.4, -0.2) is 11.7 Å². The lowest BCUT2D eigenvalue weighted by Gasteiger charge is -2.30. The molecule has 0 aromatic carbocycles. The van der Waals surface area contributed by atoms with Gasteiger partial charge in [0.25, 0.3) is 0 Å². The van der Waals surface area contributed by atoms with Gasteiger partial charge in [0.15, 0.2) is 5.60 Å². The first kappa shape index (κ1) is 13.8. The summed E-state index contributed by atoms with van der Waals surface area (Å²) in [5, 5.41) is 0. The highest BCUT2D eigenvalue weighted by Gasteiger charge is 2.33. The third kappa shape index (κ3) is 5.31. The maximum Gasteiger partial charge on any atom is 0.406 e. The predicted molar refractivity (Wildman–Crippen MR) is 61.1 cm³/mol. The lowest BCUT2D eigenvalue weighted by molar-refractivity contribution is 0.0305. The predicted octanol–water partition coefficient (Wildman–Crippen LogP) is 2.55. The summed E-state index contributed by atoms with van der Waals surface area (Å²) in [4.78, 5) is 10.8. The number of nitrogens with two attached hydrogens (primary N) is 1. The van der Waals surface area contributed by atoms with Crippen molar-refractivity contribution in [2.75, 3.05) is 0 Å². The molecule has 0 aromatic heterocycles. The summed E-state index contributed by atoms with van der Waals surface area (Å²) in [6.45, 7) is 8.15. The average Bonchev–Trinajstić information content (AvgIpc) is 1.99. The Morgan fingerprint density at radius 2 is 1.73 bits per heavy atom. The number of ether oxygens (including phenoxy) is 1. The molecule has 3 heteroatoms. The Bertz CT molecular complexity index is 241. The van der Waals surface area contributed by atoms with E-state index in [2.05, 4.69) is 5.92 Å². The van der Waals surface area contributed by atoms with E-state index in [0.29, 0.717) is 24.7 Å². The van der Waals surface area contributed by atoms with Crippen LogP contribution in [0, 0.1) is 24.2 Å². The summed E-state index contributed by atoms with van der Waals surface area (Å²) in [6.07, 6.45) is 5.96. The fraction of sp³-hybridized carbons (Fsp3) is 0.750. The normalized spacial score (nSPS) is 11.5. The Morgan fingerprint density at radius 1 is 1.33 bits per heavy atom. The average molecular weight is 211 g/mol. The van der Waals surface area contributed by atoms with Crippen molar-refractivity contribution in [3.8, 4) is 12.3 Å². The topological polar surface area (TPSA) is 52.3 Å². The van der Waals surface area contributed by atoms with Gasteiger partial charge in [-0.15, -0.1) is 6.42 Å². The van der Waals surface area contributed by atoms with E-state index in [1.807, 2.05) is 27.7 Å². The first-order valence-electron chi connectivity index (χ1n) is 5.27. The molecule has 0 unspecified atom stereocenters. The molecule has 0 aliphatic heterocycles. The molecule has 0 rings (SSSR count). The van der Waals surface area contributed by atoms with Gasteiger partial charge in [0, 0.05) is 12.8 Å². The number of hydrogen-bond donors (Lipinski definition) is 1. The van der Waals surface area contributed by atoms with E-state index in [1.54, 1.807) is 0 Å². The molecular weight excluding hydrogens is 190 g/mol. The molecule has 3 nitrogen and oxygen atoms in total. The zero-order valence-electron chi connectivity index (χ0n) is 10.0. The molecule has 0 saturated carbocycles. The van der Waals surface area contributed by atoms with E-state index in [9.17, 15) is 4.79 Å². The largest absolute Gasteiger partial charge is 0.430 e. The molecule has 0 aromatic rings. The highest BCUT2D eigenvalue weighted by Crippen LogP contribution is 2.28. The second-order valence-electron chi connectivity index (χ2n) is 4.76. The Labute approximate surface area is 92.4 Å².